The average Bonchev–Trinajstić information content (AvgIpc) is 2.86. The number of methoxy groups -OCH3 is 2. The number of carboxylic acids is 1. The first kappa shape index (κ1) is 23.2. The molecule has 2 heterocycles. The van der Waals surface area contributed by atoms with E-state index in [1.54, 1.807) is 25.4 Å². The first-order valence-electron chi connectivity index (χ1n) is 9.93. The van der Waals surface area contributed by atoms with Gasteiger partial charge in [0.1, 0.15) is 11.5 Å². The molecule has 2 aromatic carbocycles. The van der Waals surface area contributed by atoms with Crippen molar-refractivity contribution in [3.05, 3.63) is 82.8 Å². The van der Waals surface area contributed by atoms with E-state index in [1.165, 1.54) is 31.3 Å². The molecule has 0 saturated carbocycles. The third-order valence-corrected chi connectivity index (χ3v) is 5.91. The maximum absolute atomic E-state index is 11.2. The Morgan fingerprint density at radius 2 is 1.82 bits per heavy atom. The number of benzene rings is 2. The van der Waals surface area contributed by atoms with Crippen LogP contribution in [0, 0.1) is 11.8 Å². The van der Waals surface area contributed by atoms with E-state index in [2.05, 4.69) is 26.5 Å². The van der Waals surface area contributed by atoms with Gasteiger partial charge in [0, 0.05) is 28.9 Å². The Morgan fingerprint density at radius 3 is 2.59 bits per heavy atom. The van der Waals surface area contributed by atoms with Gasteiger partial charge in [-0.15, -0.1) is 0 Å². The molecule has 4 rings (SSSR count). The summed E-state index contributed by atoms with van der Waals surface area (Å²) in [6.45, 7) is 0. The normalized spacial score (nSPS) is 10.3. The Labute approximate surface area is 205 Å². The van der Waals surface area contributed by atoms with E-state index in [4.69, 9.17) is 26.2 Å². The van der Waals surface area contributed by atoms with Crippen LogP contribution in [0.3, 0.4) is 0 Å². The lowest BCUT2D eigenvalue weighted by molar-refractivity contribution is 0.0690. The van der Waals surface area contributed by atoms with Crippen molar-refractivity contribution in [3.8, 4) is 23.3 Å². The third-order valence-electron chi connectivity index (χ3n) is 4.80. The highest BCUT2D eigenvalue weighted by Crippen LogP contribution is 2.34. The summed E-state index contributed by atoms with van der Waals surface area (Å²) >= 11 is 7.61. The summed E-state index contributed by atoms with van der Waals surface area (Å²) in [5.74, 6) is 5.99. The summed E-state index contributed by atoms with van der Waals surface area (Å²) in [5.41, 5.74) is 2.54. The van der Waals surface area contributed by atoms with Gasteiger partial charge in [-0.2, -0.15) is 0 Å². The van der Waals surface area contributed by atoms with E-state index >= 15 is 0 Å². The number of aromatic nitrogens is 2. The van der Waals surface area contributed by atoms with Crippen molar-refractivity contribution in [2.24, 2.45) is 0 Å². The zero-order valence-electron chi connectivity index (χ0n) is 18.1. The molecule has 0 aliphatic heterocycles. The predicted octanol–water partition coefficient (Wildman–Crippen LogP) is 5.52. The minimum absolute atomic E-state index is 0.121. The van der Waals surface area contributed by atoms with Crippen LogP contribution in [0.4, 0.5) is 5.69 Å². The molecule has 4 aromatic rings. The SMILES string of the molecule is COc1cc(C(=O)O)ncc1C#Cc1cc(Cl)ccc1NSc1ccc(OC)c2cccnc12. The quantitative estimate of drug-likeness (QED) is 0.269. The Bertz CT molecular complexity index is 1450. The molecule has 2 N–H and O–H groups in total. The first-order chi connectivity index (χ1) is 16.5. The second-order valence-electron chi connectivity index (χ2n) is 6.88. The zero-order valence-corrected chi connectivity index (χ0v) is 19.7. The molecule has 0 fully saturated rings. The fraction of sp³-hybridized carbons (Fsp3) is 0.0800. The predicted molar refractivity (Wildman–Crippen MR) is 133 cm³/mol. The summed E-state index contributed by atoms with van der Waals surface area (Å²) in [6, 6.07) is 14.3. The minimum Gasteiger partial charge on any atom is -0.496 e. The van der Waals surface area contributed by atoms with Gasteiger partial charge in [0.05, 0.1) is 41.4 Å². The van der Waals surface area contributed by atoms with Crippen molar-refractivity contribution in [1.82, 2.24) is 9.97 Å². The smallest absolute Gasteiger partial charge is 0.354 e. The Balaban J connectivity index is 1.64. The molecule has 170 valence electrons. The summed E-state index contributed by atoms with van der Waals surface area (Å²) in [6.07, 6.45) is 3.11. The largest absolute Gasteiger partial charge is 0.496 e. The molecule has 0 amide bonds. The van der Waals surface area contributed by atoms with Gasteiger partial charge in [-0.1, -0.05) is 23.4 Å². The van der Waals surface area contributed by atoms with Crippen LogP contribution < -0.4 is 14.2 Å². The molecule has 0 bridgehead atoms. The van der Waals surface area contributed by atoms with E-state index in [1.807, 2.05) is 30.3 Å². The number of rotatable bonds is 6. The molecule has 0 aliphatic rings. The van der Waals surface area contributed by atoms with Crippen molar-refractivity contribution in [1.29, 1.82) is 0 Å². The number of aromatic carboxylic acids is 1. The van der Waals surface area contributed by atoms with Crippen molar-refractivity contribution in [3.63, 3.8) is 0 Å². The molecule has 0 spiro atoms. The minimum atomic E-state index is -1.14. The number of fused-ring (bicyclic) bond motifs is 1. The lowest BCUT2D eigenvalue weighted by Crippen LogP contribution is -2.01. The van der Waals surface area contributed by atoms with Crippen LogP contribution in [-0.4, -0.2) is 35.3 Å². The number of pyridine rings is 2. The number of carbonyl (C=O) groups is 1. The maximum Gasteiger partial charge on any atom is 0.354 e. The van der Waals surface area contributed by atoms with Crippen LogP contribution in [0.25, 0.3) is 10.9 Å². The van der Waals surface area contributed by atoms with Crippen molar-refractivity contribution >= 4 is 46.1 Å². The number of nitrogens with one attached hydrogen (secondary N) is 1. The Morgan fingerprint density at radius 1 is 1.03 bits per heavy atom. The van der Waals surface area contributed by atoms with Gasteiger partial charge in [-0.05, 0) is 54.4 Å². The number of hydrogen-bond donors (Lipinski definition) is 2. The number of hydrogen-bond acceptors (Lipinski definition) is 7. The number of carboxylic acid groups (broad SMARTS) is 1. The van der Waals surface area contributed by atoms with E-state index in [-0.39, 0.29) is 5.69 Å². The van der Waals surface area contributed by atoms with E-state index < -0.39 is 5.97 Å². The van der Waals surface area contributed by atoms with Crippen LogP contribution in [0.2, 0.25) is 5.02 Å². The van der Waals surface area contributed by atoms with E-state index in [0.717, 1.165) is 27.2 Å². The van der Waals surface area contributed by atoms with Gasteiger partial charge < -0.3 is 19.3 Å². The monoisotopic (exact) mass is 491 g/mol. The maximum atomic E-state index is 11.2. The molecule has 0 atom stereocenters. The molecule has 34 heavy (non-hydrogen) atoms. The van der Waals surface area contributed by atoms with Gasteiger partial charge in [0.15, 0.2) is 5.69 Å². The van der Waals surface area contributed by atoms with Crippen molar-refractivity contribution < 1.29 is 19.4 Å². The Hall–Kier alpha value is -3.93. The van der Waals surface area contributed by atoms with Gasteiger partial charge in [0.2, 0.25) is 0 Å². The number of halogens is 1. The first-order valence-corrected chi connectivity index (χ1v) is 11.1. The number of nitrogens with zero attached hydrogens (tertiary/aromatic N) is 2. The molecule has 0 aliphatic carbocycles. The van der Waals surface area contributed by atoms with Crippen LogP contribution in [0.1, 0.15) is 21.6 Å². The molecular weight excluding hydrogens is 474 g/mol. The zero-order chi connectivity index (χ0) is 24.1. The van der Waals surface area contributed by atoms with Gasteiger partial charge >= 0.3 is 5.97 Å². The summed E-state index contributed by atoms with van der Waals surface area (Å²) in [7, 11) is 3.08. The molecule has 0 saturated heterocycles. The summed E-state index contributed by atoms with van der Waals surface area (Å²) < 4.78 is 14.0. The van der Waals surface area contributed by atoms with E-state index in [9.17, 15) is 4.79 Å². The van der Waals surface area contributed by atoms with Crippen molar-refractivity contribution in [2.75, 3.05) is 18.9 Å². The molecule has 0 radical (unpaired) electrons. The molecule has 2 aromatic heterocycles. The summed E-state index contributed by atoms with van der Waals surface area (Å²) in [4.78, 5) is 20.5. The topological polar surface area (TPSA) is 93.6 Å². The number of ether oxygens (including phenoxy) is 2. The second kappa shape index (κ2) is 10.3. The lowest BCUT2D eigenvalue weighted by atomic mass is 10.1. The highest BCUT2D eigenvalue weighted by molar-refractivity contribution is 8.00. The highest BCUT2D eigenvalue weighted by Gasteiger charge is 2.11. The highest BCUT2D eigenvalue weighted by atomic mass is 35.5. The third kappa shape index (κ3) is 5.01. The fourth-order valence-electron chi connectivity index (χ4n) is 3.15. The van der Waals surface area contributed by atoms with Crippen LogP contribution in [0.5, 0.6) is 11.5 Å². The van der Waals surface area contributed by atoms with Crippen LogP contribution in [-0.2, 0) is 0 Å². The van der Waals surface area contributed by atoms with Gasteiger partial charge in [-0.3, -0.25) is 4.98 Å². The Kier molecular flexibility index (Phi) is 7.07. The lowest BCUT2D eigenvalue weighted by Gasteiger charge is -2.11. The molecule has 9 heteroatoms. The van der Waals surface area contributed by atoms with E-state index in [0.29, 0.717) is 21.9 Å². The van der Waals surface area contributed by atoms with Gasteiger partial charge in [-0.25, -0.2) is 9.78 Å². The standard InChI is InChI=1S/C25H18ClN3O4S/c1-32-21-9-10-23(24-18(21)4-3-11-27-24)34-29-19-8-7-17(26)12-15(19)5-6-16-14-28-20(25(30)31)13-22(16)33-2/h3-4,7-14,29H,1-2H3,(H,30,31). The van der Waals surface area contributed by atoms with Crippen LogP contribution in [0.15, 0.2) is 65.8 Å². The molecule has 0 unspecified atom stereocenters. The second-order valence-corrected chi connectivity index (χ2v) is 8.17. The fourth-order valence-corrected chi connectivity index (χ4v) is 4.12. The molecule has 7 nitrogen and oxygen atoms in total. The van der Waals surface area contributed by atoms with Gasteiger partial charge in [0.25, 0.3) is 0 Å². The van der Waals surface area contributed by atoms with Crippen LogP contribution >= 0.6 is 23.5 Å². The average molecular weight is 492 g/mol. The number of anilines is 1. The summed E-state index contributed by atoms with van der Waals surface area (Å²) in [5, 5.41) is 10.6. The molecular formula is C25H18ClN3O4S. The van der Waals surface area contributed by atoms with Crippen molar-refractivity contribution in [2.45, 2.75) is 4.90 Å².